The van der Waals surface area contributed by atoms with Gasteiger partial charge in [-0.1, -0.05) is 51.1 Å². The van der Waals surface area contributed by atoms with Gasteiger partial charge in [0.05, 0.1) is 5.60 Å². The lowest BCUT2D eigenvalue weighted by Crippen LogP contribution is -2.43. The lowest BCUT2D eigenvalue weighted by atomic mass is 9.74. The Morgan fingerprint density at radius 3 is 2.67 bits per heavy atom. The molecule has 114 valence electrons. The van der Waals surface area contributed by atoms with Crippen LogP contribution < -0.4 is 0 Å². The van der Waals surface area contributed by atoms with Crippen LogP contribution in [0, 0.1) is 5.92 Å². The van der Waals surface area contributed by atoms with Crippen molar-refractivity contribution in [3.05, 3.63) is 32.7 Å². The highest BCUT2D eigenvalue weighted by molar-refractivity contribution is 9.11. The number of carbonyl (C=O) groups excluding carboxylic acids is 1. The molecule has 1 aliphatic heterocycles. The summed E-state index contributed by atoms with van der Waals surface area (Å²) >= 11 is 6.96. The number of benzene rings is 1. The highest BCUT2D eigenvalue weighted by Crippen LogP contribution is 2.42. The molecule has 2 nitrogen and oxygen atoms in total. The number of hydrogen-bond acceptors (Lipinski definition) is 2. The smallest absolute Gasteiger partial charge is 0.167 e. The molecular weight excluding hydrogens is 396 g/mol. The molecule has 1 aromatic rings. The first-order valence-electron chi connectivity index (χ1n) is 7.73. The average molecular weight is 416 g/mol. The summed E-state index contributed by atoms with van der Waals surface area (Å²) in [5.74, 6) is 0.372. The second kappa shape index (κ2) is 6.51. The van der Waals surface area contributed by atoms with Gasteiger partial charge in [-0.05, 0) is 43.9 Å². The van der Waals surface area contributed by atoms with Crippen molar-refractivity contribution in [1.82, 2.24) is 0 Å². The van der Waals surface area contributed by atoms with Crippen molar-refractivity contribution in [2.24, 2.45) is 5.92 Å². The van der Waals surface area contributed by atoms with E-state index < -0.39 is 0 Å². The number of hydrogen-bond donors (Lipinski definition) is 0. The maximum absolute atomic E-state index is 12.9. The Hall–Kier alpha value is -0.190. The lowest BCUT2D eigenvalue weighted by molar-refractivity contribution is -0.111. The summed E-state index contributed by atoms with van der Waals surface area (Å²) in [5.41, 5.74) is 0.787. The quantitative estimate of drug-likeness (QED) is 0.594. The van der Waals surface area contributed by atoms with E-state index in [-0.39, 0.29) is 17.3 Å². The van der Waals surface area contributed by atoms with Crippen LogP contribution in [0.5, 0.6) is 0 Å². The summed E-state index contributed by atoms with van der Waals surface area (Å²) in [4.78, 5) is 12.9. The largest absolute Gasteiger partial charge is 0.375 e. The van der Waals surface area contributed by atoms with Crippen molar-refractivity contribution in [3.8, 4) is 0 Å². The van der Waals surface area contributed by atoms with Gasteiger partial charge < -0.3 is 4.74 Å². The fourth-order valence-corrected chi connectivity index (χ4v) is 4.95. The molecule has 0 amide bonds. The van der Waals surface area contributed by atoms with Crippen molar-refractivity contribution in [2.75, 3.05) is 6.61 Å². The summed E-state index contributed by atoms with van der Waals surface area (Å²) in [6.45, 7) is 0.727. The Kier molecular flexibility index (Phi) is 4.87. The Balaban J connectivity index is 1.77. The van der Waals surface area contributed by atoms with Crippen LogP contribution in [0.4, 0.5) is 0 Å². The van der Waals surface area contributed by atoms with Gasteiger partial charge in [0.15, 0.2) is 5.78 Å². The average Bonchev–Trinajstić information content (AvgIpc) is 2.47. The standard InChI is InChI=1S/C17H20Br2O2/c18-13-4-5-14(15(19)10-13)16(20)12-6-9-21-17(11-12)7-2-1-3-8-17/h4-5,10,12H,1-3,6-9,11H2. The molecule has 0 radical (unpaired) electrons. The van der Waals surface area contributed by atoms with Crippen LogP contribution in [-0.2, 0) is 4.74 Å². The molecule has 1 saturated carbocycles. The third kappa shape index (κ3) is 3.43. The molecule has 2 fully saturated rings. The van der Waals surface area contributed by atoms with Gasteiger partial charge in [0.25, 0.3) is 0 Å². The first-order chi connectivity index (χ1) is 10.1. The van der Waals surface area contributed by atoms with Gasteiger partial charge >= 0.3 is 0 Å². The molecule has 1 saturated heterocycles. The second-order valence-electron chi connectivity index (χ2n) is 6.27. The van der Waals surface area contributed by atoms with Crippen LogP contribution in [0.2, 0.25) is 0 Å². The van der Waals surface area contributed by atoms with Gasteiger partial charge in [0.1, 0.15) is 0 Å². The van der Waals surface area contributed by atoms with Crippen molar-refractivity contribution in [1.29, 1.82) is 0 Å². The highest BCUT2D eigenvalue weighted by Gasteiger charge is 2.41. The number of ether oxygens (including phenoxy) is 1. The number of Topliss-reactive ketones (excluding diaryl/α,β-unsaturated/α-hetero) is 1. The molecule has 1 aliphatic carbocycles. The third-order valence-corrected chi connectivity index (χ3v) is 5.97. The van der Waals surface area contributed by atoms with Crippen molar-refractivity contribution >= 4 is 37.6 Å². The Morgan fingerprint density at radius 1 is 1.19 bits per heavy atom. The minimum atomic E-state index is -0.0152. The minimum Gasteiger partial charge on any atom is -0.375 e. The van der Waals surface area contributed by atoms with Crippen molar-refractivity contribution < 1.29 is 9.53 Å². The molecule has 0 N–H and O–H groups in total. The number of ketones is 1. The van der Waals surface area contributed by atoms with Crippen LogP contribution in [-0.4, -0.2) is 18.0 Å². The number of carbonyl (C=O) groups is 1. The highest BCUT2D eigenvalue weighted by atomic mass is 79.9. The maximum Gasteiger partial charge on any atom is 0.167 e. The summed E-state index contributed by atoms with van der Waals surface area (Å²) in [5, 5.41) is 0. The SMILES string of the molecule is O=C(c1ccc(Br)cc1Br)C1CCOC2(CCCCC2)C1. The van der Waals surface area contributed by atoms with Gasteiger partial charge in [-0.3, -0.25) is 4.79 Å². The van der Waals surface area contributed by atoms with Crippen LogP contribution in [0.1, 0.15) is 55.3 Å². The molecule has 21 heavy (non-hydrogen) atoms. The van der Waals surface area contributed by atoms with E-state index in [1.165, 1.54) is 19.3 Å². The molecule has 2 aliphatic rings. The first kappa shape index (κ1) is 15.7. The van der Waals surface area contributed by atoms with E-state index in [2.05, 4.69) is 31.9 Å². The fraction of sp³-hybridized carbons (Fsp3) is 0.588. The van der Waals surface area contributed by atoms with E-state index in [0.29, 0.717) is 0 Å². The zero-order chi connectivity index (χ0) is 14.9. The summed E-state index contributed by atoms with van der Waals surface area (Å²) in [6.07, 6.45) is 7.78. The van der Waals surface area contributed by atoms with Gasteiger partial charge in [0, 0.05) is 27.0 Å². The fourth-order valence-electron chi connectivity index (χ4n) is 3.71. The van der Waals surface area contributed by atoms with Crippen LogP contribution in [0.3, 0.4) is 0 Å². The summed E-state index contributed by atoms with van der Waals surface area (Å²) in [7, 11) is 0. The van der Waals surface area contributed by atoms with E-state index in [0.717, 1.165) is 46.8 Å². The zero-order valence-corrected chi connectivity index (χ0v) is 15.2. The van der Waals surface area contributed by atoms with E-state index >= 15 is 0 Å². The molecule has 1 heterocycles. The van der Waals surface area contributed by atoms with Crippen molar-refractivity contribution in [3.63, 3.8) is 0 Å². The second-order valence-corrected chi connectivity index (χ2v) is 8.04. The number of rotatable bonds is 2. The predicted octanol–water partition coefficient (Wildman–Crippen LogP) is 5.52. The Labute approximate surface area is 142 Å². The van der Waals surface area contributed by atoms with Crippen molar-refractivity contribution in [2.45, 2.75) is 50.5 Å². The Bertz CT molecular complexity index is 530. The Morgan fingerprint density at radius 2 is 1.95 bits per heavy atom. The molecule has 1 unspecified atom stereocenters. The van der Waals surface area contributed by atoms with Gasteiger partial charge in [-0.25, -0.2) is 0 Å². The van der Waals surface area contributed by atoms with Crippen LogP contribution >= 0.6 is 31.9 Å². The molecule has 0 aromatic heterocycles. The minimum absolute atomic E-state index is 0.0152. The molecular formula is C17H20Br2O2. The maximum atomic E-state index is 12.9. The molecule has 1 spiro atoms. The van der Waals surface area contributed by atoms with Crippen LogP contribution in [0.25, 0.3) is 0 Å². The topological polar surface area (TPSA) is 26.3 Å². The first-order valence-corrected chi connectivity index (χ1v) is 9.31. The van der Waals surface area contributed by atoms with E-state index in [1.54, 1.807) is 0 Å². The molecule has 0 bridgehead atoms. The molecule has 4 heteroatoms. The summed E-state index contributed by atoms with van der Waals surface area (Å²) in [6, 6.07) is 5.80. The number of halogens is 2. The molecule has 3 rings (SSSR count). The monoisotopic (exact) mass is 414 g/mol. The van der Waals surface area contributed by atoms with E-state index in [9.17, 15) is 4.79 Å². The lowest BCUT2D eigenvalue weighted by Gasteiger charge is -2.43. The predicted molar refractivity (Wildman–Crippen MR) is 90.7 cm³/mol. The zero-order valence-electron chi connectivity index (χ0n) is 12.0. The third-order valence-electron chi connectivity index (χ3n) is 4.83. The van der Waals surface area contributed by atoms with Gasteiger partial charge in [0.2, 0.25) is 0 Å². The van der Waals surface area contributed by atoms with E-state index in [1.807, 2.05) is 18.2 Å². The molecule has 1 aromatic carbocycles. The van der Waals surface area contributed by atoms with Gasteiger partial charge in [-0.15, -0.1) is 0 Å². The van der Waals surface area contributed by atoms with Gasteiger partial charge in [-0.2, -0.15) is 0 Å². The van der Waals surface area contributed by atoms with E-state index in [4.69, 9.17) is 4.74 Å². The summed E-state index contributed by atoms with van der Waals surface area (Å²) < 4.78 is 7.97. The normalized spacial score (nSPS) is 25.0. The van der Waals surface area contributed by atoms with Crippen LogP contribution in [0.15, 0.2) is 27.1 Å². The molecule has 1 atom stereocenters.